The van der Waals surface area contributed by atoms with Gasteiger partial charge in [-0.1, -0.05) is 0 Å². The summed E-state index contributed by atoms with van der Waals surface area (Å²) in [6.07, 6.45) is -0.654. The van der Waals surface area contributed by atoms with Crippen LogP contribution in [0.15, 0.2) is 29.3 Å². The predicted molar refractivity (Wildman–Crippen MR) is 126 cm³/mol. The van der Waals surface area contributed by atoms with Gasteiger partial charge in [0.2, 0.25) is 11.8 Å². The Morgan fingerprint density at radius 1 is 1.22 bits per heavy atom. The Hall–Kier alpha value is -2.44. The van der Waals surface area contributed by atoms with Crippen LogP contribution in [-0.2, 0) is 20.8 Å². The number of aromatic nitrogens is 2. The van der Waals surface area contributed by atoms with Crippen molar-refractivity contribution in [3.63, 3.8) is 0 Å². The van der Waals surface area contributed by atoms with E-state index < -0.39 is 33.6 Å². The molecule has 0 radical (unpaired) electrons. The number of benzene rings is 1. The van der Waals surface area contributed by atoms with Gasteiger partial charge in [0.25, 0.3) is 0 Å². The van der Waals surface area contributed by atoms with E-state index in [1.165, 1.54) is 6.07 Å². The fourth-order valence-electron chi connectivity index (χ4n) is 5.23. The van der Waals surface area contributed by atoms with E-state index in [4.69, 9.17) is 9.47 Å². The number of nitrogens with one attached hydrogen (secondary N) is 2. The summed E-state index contributed by atoms with van der Waals surface area (Å²) >= 11 is 0. The first-order valence-electron chi connectivity index (χ1n) is 12.1. The van der Waals surface area contributed by atoms with Crippen LogP contribution in [0.25, 0.3) is 0 Å². The Morgan fingerprint density at radius 3 is 2.61 bits per heavy atom. The second kappa shape index (κ2) is 9.46. The van der Waals surface area contributed by atoms with Gasteiger partial charge in [-0.05, 0) is 74.9 Å². The molecule has 1 unspecified atom stereocenters. The maximum Gasteiger partial charge on any atom is 0.423 e. The molecule has 2 saturated heterocycles. The van der Waals surface area contributed by atoms with Crippen molar-refractivity contribution >= 4 is 21.5 Å². The highest BCUT2D eigenvalue weighted by Crippen LogP contribution is 2.51. The highest BCUT2D eigenvalue weighted by Gasteiger charge is 2.50. The van der Waals surface area contributed by atoms with Crippen LogP contribution in [0, 0.1) is 12.3 Å². The van der Waals surface area contributed by atoms with Gasteiger partial charge in [-0.3, -0.25) is 0 Å². The molecule has 1 spiro atoms. The molecule has 1 aliphatic carbocycles. The lowest BCUT2D eigenvalue weighted by Crippen LogP contribution is -2.50. The van der Waals surface area contributed by atoms with Gasteiger partial charge in [-0.15, -0.1) is 0 Å². The molecule has 2 aliphatic heterocycles. The first-order valence-corrected chi connectivity index (χ1v) is 13.6. The Labute approximate surface area is 207 Å². The number of anilines is 2. The van der Waals surface area contributed by atoms with Crippen molar-refractivity contribution in [2.75, 3.05) is 31.6 Å². The summed E-state index contributed by atoms with van der Waals surface area (Å²) < 4.78 is 77.4. The summed E-state index contributed by atoms with van der Waals surface area (Å²) in [7, 11) is -3.47. The topological polar surface area (TPSA) is 102 Å². The fourth-order valence-corrected chi connectivity index (χ4v) is 7.36. The first kappa shape index (κ1) is 25.2. The second-order valence-electron chi connectivity index (χ2n) is 9.94. The summed E-state index contributed by atoms with van der Waals surface area (Å²) in [6.45, 7) is 4.19. The van der Waals surface area contributed by atoms with E-state index in [1.54, 1.807) is 19.1 Å². The van der Waals surface area contributed by atoms with Crippen LogP contribution in [0.1, 0.15) is 43.2 Å². The number of ether oxygens (including phenoxy) is 2. The summed E-state index contributed by atoms with van der Waals surface area (Å²) in [5, 5.41) is 5.84. The normalized spacial score (nSPS) is 22.4. The highest BCUT2D eigenvalue weighted by molar-refractivity contribution is 7.92. The fraction of sp³-hybridized carbons (Fsp3) is 0.583. The number of piperidine rings is 1. The number of nitrogens with zero attached hydrogens (tertiary/aromatic N) is 2. The monoisotopic (exact) mass is 526 g/mol. The van der Waals surface area contributed by atoms with Crippen molar-refractivity contribution in [3.05, 3.63) is 35.5 Å². The molecule has 1 saturated carbocycles. The smallest absolute Gasteiger partial charge is 0.423 e. The molecule has 2 N–H and O–H groups in total. The molecule has 0 bridgehead atoms. The Balaban J connectivity index is 1.32. The average Bonchev–Trinajstić information content (AvgIpc) is 3.31. The molecule has 3 heterocycles. The SMILES string of the molecule is Cc1cc(S(=O)(=O)C2CC3(CCNCC3)C2)ccc1Nc1ncc(C(F)(F)F)c(OC2CCOC2)n1. The van der Waals surface area contributed by atoms with Gasteiger partial charge in [0, 0.05) is 18.3 Å². The third-order valence-electron chi connectivity index (χ3n) is 7.42. The minimum Gasteiger partial charge on any atom is -0.471 e. The summed E-state index contributed by atoms with van der Waals surface area (Å²) in [6, 6.07) is 4.70. The van der Waals surface area contributed by atoms with Crippen molar-refractivity contribution < 1.29 is 31.1 Å². The molecular weight excluding hydrogens is 497 g/mol. The van der Waals surface area contributed by atoms with E-state index >= 15 is 0 Å². The number of aryl methyl sites for hydroxylation is 1. The summed E-state index contributed by atoms with van der Waals surface area (Å²) in [5.74, 6) is -0.647. The van der Waals surface area contributed by atoms with E-state index in [9.17, 15) is 21.6 Å². The molecule has 196 valence electrons. The highest BCUT2D eigenvalue weighted by atomic mass is 32.2. The average molecular weight is 527 g/mol. The number of halogens is 3. The number of rotatable bonds is 6. The molecule has 2 aromatic rings. The Bertz CT molecular complexity index is 1220. The van der Waals surface area contributed by atoms with E-state index in [-0.39, 0.29) is 28.1 Å². The van der Waals surface area contributed by atoms with E-state index in [1.807, 2.05) is 0 Å². The quantitative estimate of drug-likeness (QED) is 0.582. The Kier molecular flexibility index (Phi) is 6.63. The molecule has 0 amide bonds. The molecule has 8 nitrogen and oxygen atoms in total. The summed E-state index contributed by atoms with van der Waals surface area (Å²) in [5.41, 5.74) is 0.184. The van der Waals surface area contributed by atoms with Gasteiger partial charge in [0.15, 0.2) is 9.84 Å². The van der Waals surface area contributed by atoms with Crippen molar-refractivity contribution in [2.45, 2.75) is 61.5 Å². The molecule has 1 atom stereocenters. The number of hydrogen-bond donors (Lipinski definition) is 2. The zero-order valence-electron chi connectivity index (χ0n) is 19.9. The first-order chi connectivity index (χ1) is 17.1. The zero-order valence-corrected chi connectivity index (χ0v) is 20.7. The number of alkyl halides is 3. The molecule has 5 rings (SSSR count). The molecule has 1 aromatic carbocycles. The second-order valence-corrected chi connectivity index (χ2v) is 12.2. The molecule has 3 fully saturated rings. The maximum absolute atomic E-state index is 13.4. The van der Waals surface area contributed by atoms with Gasteiger partial charge in [-0.2, -0.15) is 18.2 Å². The van der Waals surface area contributed by atoms with Gasteiger partial charge < -0.3 is 20.1 Å². The predicted octanol–water partition coefficient (Wildman–Crippen LogP) is 4.02. The van der Waals surface area contributed by atoms with Gasteiger partial charge in [0.1, 0.15) is 11.7 Å². The Morgan fingerprint density at radius 2 is 1.97 bits per heavy atom. The van der Waals surface area contributed by atoms with Crippen molar-refractivity contribution in [1.82, 2.24) is 15.3 Å². The van der Waals surface area contributed by atoms with Crippen molar-refractivity contribution in [1.29, 1.82) is 0 Å². The van der Waals surface area contributed by atoms with E-state index in [0.29, 0.717) is 43.3 Å². The van der Waals surface area contributed by atoms with Gasteiger partial charge in [-0.25, -0.2) is 13.4 Å². The molecule has 12 heteroatoms. The summed E-state index contributed by atoms with van der Waals surface area (Å²) in [4.78, 5) is 8.02. The molecule has 3 aliphatic rings. The third kappa shape index (κ3) is 5.03. The third-order valence-corrected chi connectivity index (χ3v) is 9.54. The van der Waals surface area contributed by atoms with Crippen molar-refractivity contribution in [2.24, 2.45) is 5.41 Å². The lowest BCUT2D eigenvalue weighted by atomic mass is 9.63. The largest absolute Gasteiger partial charge is 0.471 e. The van der Waals surface area contributed by atoms with Gasteiger partial charge >= 0.3 is 6.18 Å². The van der Waals surface area contributed by atoms with Crippen LogP contribution in [0.3, 0.4) is 0 Å². The number of hydrogen-bond acceptors (Lipinski definition) is 8. The van der Waals surface area contributed by atoms with Crippen LogP contribution < -0.4 is 15.4 Å². The molecule has 1 aromatic heterocycles. The van der Waals surface area contributed by atoms with Crippen LogP contribution in [0.5, 0.6) is 5.88 Å². The molecular formula is C24H29F3N4O4S. The molecule has 36 heavy (non-hydrogen) atoms. The van der Waals surface area contributed by atoms with E-state index in [0.717, 1.165) is 25.9 Å². The lowest BCUT2D eigenvalue weighted by molar-refractivity contribution is -0.139. The maximum atomic E-state index is 13.4. The van der Waals surface area contributed by atoms with Crippen LogP contribution in [0.4, 0.5) is 24.8 Å². The number of sulfone groups is 1. The van der Waals surface area contributed by atoms with E-state index in [2.05, 4.69) is 20.6 Å². The van der Waals surface area contributed by atoms with Gasteiger partial charge in [0.05, 0.1) is 23.4 Å². The zero-order chi connectivity index (χ0) is 25.6. The minimum absolute atomic E-state index is 0.0811. The lowest BCUT2D eigenvalue weighted by Gasteiger charge is -2.49. The minimum atomic E-state index is -4.67. The van der Waals surface area contributed by atoms with Crippen LogP contribution >= 0.6 is 0 Å². The van der Waals surface area contributed by atoms with Crippen LogP contribution in [-0.4, -0.2) is 56.0 Å². The van der Waals surface area contributed by atoms with Crippen LogP contribution in [0.2, 0.25) is 0 Å². The standard InChI is InChI=1S/C24H29F3N4O4S/c1-15-10-17(36(32,33)18-11-23(12-18)5-7-28-8-6-23)2-3-20(15)30-22-29-13-19(24(25,26)27)21(31-22)35-16-4-9-34-14-16/h2-3,10,13,16,18,28H,4-9,11-12,14H2,1H3,(H,29,30,31). The van der Waals surface area contributed by atoms with Crippen molar-refractivity contribution in [3.8, 4) is 5.88 Å².